The van der Waals surface area contributed by atoms with E-state index in [4.69, 9.17) is 14.2 Å². The highest BCUT2D eigenvalue weighted by Crippen LogP contribution is 2.30. The molecule has 1 aliphatic heterocycles. The second-order valence-electron chi connectivity index (χ2n) is 7.71. The predicted octanol–water partition coefficient (Wildman–Crippen LogP) is 3.13. The first-order valence-electron chi connectivity index (χ1n) is 11.2. The molecule has 2 aromatic carbocycles. The van der Waals surface area contributed by atoms with Crippen molar-refractivity contribution in [3.8, 4) is 11.5 Å². The number of amides is 2. The van der Waals surface area contributed by atoms with Gasteiger partial charge in [0.05, 0.1) is 13.7 Å². The van der Waals surface area contributed by atoms with E-state index in [0.717, 1.165) is 42.7 Å². The van der Waals surface area contributed by atoms with Gasteiger partial charge in [0, 0.05) is 17.8 Å². The molecule has 1 N–H and O–H groups in total. The summed E-state index contributed by atoms with van der Waals surface area (Å²) in [6.45, 7) is 2.56. The fourth-order valence-electron chi connectivity index (χ4n) is 3.52. The average molecular weight is 455 g/mol. The molecule has 0 aliphatic carbocycles. The van der Waals surface area contributed by atoms with Crippen LogP contribution in [0.5, 0.6) is 11.5 Å². The molecule has 0 unspecified atom stereocenters. The van der Waals surface area contributed by atoms with Gasteiger partial charge in [0.25, 0.3) is 11.8 Å². The molecule has 0 bridgehead atoms. The predicted molar refractivity (Wildman–Crippen MR) is 124 cm³/mol. The quantitative estimate of drug-likeness (QED) is 0.438. The molecule has 176 valence electrons. The molecule has 0 radical (unpaired) electrons. The Labute approximate surface area is 193 Å². The summed E-state index contributed by atoms with van der Waals surface area (Å²) in [4.78, 5) is 38.5. The van der Waals surface area contributed by atoms with Crippen LogP contribution >= 0.6 is 0 Å². The number of hydrogen-bond acceptors (Lipinski definition) is 6. The van der Waals surface area contributed by atoms with E-state index in [0.29, 0.717) is 24.5 Å². The van der Waals surface area contributed by atoms with Crippen LogP contribution < -0.4 is 19.7 Å². The van der Waals surface area contributed by atoms with Crippen LogP contribution in [0.15, 0.2) is 42.5 Å². The number of esters is 1. The van der Waals surface area contributed by atoms with E-state index in [2.05, 4.69) is 12.2 Å². The lowest BCUT2D eigenvalue weighted by molar-refractivity contribution is -0.146. The topological polar surface area (TPSA) is 94.2 Å². The molecule has 33 heavy (non-hydrogen) atoms. The lowest BCUT2D eigenvalue weighted by Crippen LogP contribution is -2.39. The van der Waals surface area contributed by atoms with Gasteiger partial charge in [-0.15, -0.1) is 0 Å². The number of ether oxygens (including phenoxy) is 3. The minimum Gasteiger partial charge on any atom is -0.497 e. The van der Waals surface area contributed by atoms with Crippen LogP contribution in [0.25, 0.3) is 0 Å². The zero-order valence-corrected chi connectivity index (χ0v) is 19.1. The van der Waals surface area contributed by atoms with Crippen molar-refractivity contribution in [2.75, 3.05) is 38.3 Å². The first-order chi connectivity index (χ1) is 16.0. The molecular weight excluding hydrogens is 424 g/mol. The number of unbranched alkanes of at least 4 members (excludes halogenated alkanes) is 1. The minimum absolute atomic E-state index is 0.306. The zero-order chi connectivity index (χ0) is 23.6. The number of carbonyl (C=O) groups is 3. The summed E-state index contributed by atoms with van der Waals surface area (Å²) in [5.74, 6) is 0.0412. The third-order valence-electron chi connectivity index (χ3n) is 5.34. The largest absolute Gasteiger partial charge is 0.497 e. The molecule has 0 aromatic heterocycles. The SMILES string of the molecule is CCCCOc1ccc(C(=O)NCC(=O)OCC(=O)N2CCCc3cc(OC)ccc32)cc1. The number of fused-ring (bicyclic) bond motifs is 1. The summed E-state index contributed by atoms with van der Waals surface area (Å²) >= 11 is 0. The number of carbonyl (C=O) groups excluding carboxylic acids is 3. The van der Waals surface area contributed by atoms with Crippen molar-refractivity contribution in [2.24, 2.45) is 0 Å². The van der Waals surface area contributed by atoms with E-state index in [1.807, 2.05) is 12.1 Å². The van der Waals surface area contributed by atoms with Crippen LogP contribution in [0.1, 0.15) is 42.1 Å². The Morgan fingerprint density at radius 1 is 1.06 bits per heavy atom. The molecule has 1 heterocycles. The van der Waals surface area contributed by atoms with Crippen molar-refractivity contribution in [1.82, 2.24) is 5.32 Å². The van der Waals surface area contributed by atoms with E-state index in [-0.39, 0.29) is 19.1 Å². The molecule has 2 aromatic rings. The zero-order valence-electron chi connectivity index (χ0n) is 19.1. The Morgan fingerprint density at radius 3 is 2.55 bits per heavy atom. The molecule has 0 atom stereocenters. The summed E-state index contributed by atoms with van der Waals surface area (Å²) in [7, 11) is 1.60. The Kier molecular flexibility index (Phi) is 8.69. The van der Waals surface area contributed by atoms with Gasteiger partial charge in [0.1, 0.15) is 18.0 Å². The second-order valence-corrected chi connectivity index (χ2v) is 7.71. The van der Waals surface area contributed by atoms with Gasteiger partial charge in [-0.3, -0.25) is 14.4 Å². The van der Waals surface area contributed by atoms with E-state index in [1.165, 1.54) is 0 Å². The fraction of sp³-hybridized carbons (Fsp3) is 0.400. The van der Waals surface area contributed by atoms with Gasteiger partial charge in [-0.05, 0) is 67.3 Å². The van der Waals surface area contributed by atoms with Gasteiger partial charge >= 0.3 is 5.97 Å². The number of benzene rings is 2. The molecule has 1 aliphatic rings. The first-order valence-corrected chi connectivity index (χ1v) is 11.2. The fourth-order valence-corrected chi connectivity index (χ4v) is 3.52. The number of nitrogens with zero attached hydrogens (tertiary/aromatic N) is 1. The number of methoxy groups -OCH3 is 1. The third kappa shape index (κ3) is 6.71. The van der Waals surface area contributed by atoms with Crippen LogP contribution in [0.4, 0.5) is 5.69 Å². The Hall–Kier alpha value is -3.55. The molecule has 8 heteroatoms. The highest BCUT2D eigenvalue weighted by Gasteiger charge is 2.24. The van der Waals surface area contributed by atoms with Crippen molar-refractivity contribution >= 4 is 23.5 Å². The van der Waals surface area contributed by atoms with Crippen LogP contribution in [0, 0.1) is 0 Å². The van der Waals surface area contributed by atoms with E-state index in [9.17, 15) is 14.4 Å². The Bertz CT molecular complexity index is 973. The summed E-state index contributed by atoms with van der Waals surface area (Å²) in [6, 6.07) is 12.3. The maximum Gasteiger partial charge on any atom is 0.325 e. The summed E-state index contributed by atoms with van der Waals surface area (Å²) in [5.41, 5.74) is 2.23. The third-order valence-corrected chi connectivity index (χ3v) is 5.34. The lowest BCUT2D eigenvalue weighted by Gasteiger charge is -2.29. The number of aryl methyl sites for hydroxylation is 1. The van der Waals surface area contributed by atoms with Crippen LogP contribution in [0.3, 0.4) is 0 Å². The van der Waals surface area contributed by atoms with Crippen molar-refractivity contribution in [3.05, 3.63) is 53.6 Å². The van der Waals surface area contributed by atoms with E-state index in [1.54, 1.807) is 42.3 Å². The van der Waals surface area contributed by atoms with Gasteiger partial charge < -0.3 is 24.4 Å². The van der Waals surface area contributed by atoms with Crippen molar-refractivity contribution in [1.29, 1.82) is 0 Å². The number of anilines is 1. The Morgan fingerprint density at radius 2 is 1.82 bits per heavy atom. The smallest absolute Gasteiger partial charge is 0.325 e. The van der Waals surface area contributed by atoms with Crippen LogP contribution in [0.2, 0.25) is 0 Å². The van der Waals surface area contributed by atoms with Gasteiger partial charge in [-0.2, -0.15) is 0 Å². The highest BCUT2D eigenvalue weighted by atomic mass is 16.5. The lowest BCUT2D eigenvalue weighted by atomic mass is 10.0. The van der Waals surface area contributed by atoms with Gasteiger partial charge in [0.2, 0.25) is 0 Å². The molecule has 2 amide bonds. The van der Waals surface area contributed by atoms with Crippen LogP contribution in [-0.4, -0.2) is 51.2 Å². The maximum atomic E-state index is 12.6. The molecule has 3 rings (SSSR count). The maximum absolute atomic E-state index is 12.6. The van der Waals surface area contributed by atoms with Crippen molar-refractivity contribution in [3.63, 3.8) is 0 Å². The van der Waals surface area contributed by atoms with Crippen molar-refractivity contribution < 1.29 is 28.6 Å². The average Bonchev–Trinajstić information content (AvgIpc) is 2.85. The van der Waals surface area contributed by atoms with E-state index < -0.39 is 11.9 Å². The van der Waals surface area contributed by atoms with Gasteiger partial charge in [-0.25, -0.2) is 0 Å². The normalized spacial score (nSPS) is 12.5. The van der Waals surface area contributed by atoms with Crippen molar-refractivity contribution in [2.45, 2.75) is 32.6 Å². The standard InChI is InChI=1S/C25H30N2O6/c1-3-4-14-32-20-9-7-18(8-10-20)25(30)26-16-24(29)33-17-23(28)27-13-5-6-19-15-21(31-2)11-12-22(19)27/h7-12,15H,3-6,13-14,16-17H2,1-2H3,(H,26,30). The molecule has 0 spiro atoms. The first kappa shape index (κ1) is 24.1. The number of rotatable bonds is 10. The minimum atomic E-state index is -0.678. The molecule has 0 saturated heterocycles. The number of nitrogens with one attached hydrogen (secondary N) is 1. The molecule has 8 nitrogen and oxygen atoms in total. The number of hydrogen-bond donors (Lipinski definition) is 1. The second kappa shape index (κ2) is 11.9. The Balaban J connectivity index is 1.44. The summed E-state index contributed by atoms with van der Waals surface area (Å²) < 4.78 is 15.9. The van der Waals surface area contributed by atoms with Gasteiger partial charge in [-0.1, -0.05) is 13.3 Å². The van der Waals surface area contributed by atoms with E-state index >= 15 is 0 Å². The molecule has 0 fully saturated rings. The summed E-state index contributed by atoms with van der Waals surface area (Å²) in [6.07, 6.45) is 3.68. The van der Waals surface area contributed by atoms with Crippen LogP contribution in [-0.2, 0) is 20.7 Å². The summed E-state index contributed by atoms with van der Waals surface area (Å²) in [5, 5.41) is 2.51. The highest BCUT2D eigenvalue weighted by molar-refractivity contribution is 5.98. The molecule has 0 saturated carbocycles. The monoisotopic (exact) mass is 454 g/mol. The molecular formula is C25H30N2O6. The van der Waals surface area contributed by atoms with Gasteiger partial charge in [0.15, 0.2) is 6.61 Å².